The number of piperazine rings is 1. The molecule has 1 saturated carbocycles. The van der Waals surface area contributed by atoms with Crippen LogP contribution in [0.3, 0.4) is 0 Å². The summed E-state index contributed by atoms with van der Waals surface area (Å²) in [5, 5.41) is 0. The van der Waals surface area contributed by atoms with Gasteiger partial charge in [0.1, 0.15) is 11.4 Å². The zero-order valence-electron chi connectivity index (χ0n) is 14.4. The molecule has 2 aliphatic rings. The molecule has 132 valence electrons. The van der Waals surface area contributed by atoms with Crippen LogP contribution in [-0.2, 0) is 11.3 Å². The number of carbonyl (C=O) groups is 1. The maximum atomic E-state index is 13.7. The molecule has 0 unspecified atom stereocenters. The summed E-state index contributed by atoms with van der Waals surface area (Å²) in [6.45, 7) is 8.50. The molecule has 0 atom stereocenters. The highest BCUT2D eigenvalue weighted by molar-refractivity contribution is 9.10. The molecule has 1 amide bonds. The number of benzene rings is 1. The smallest absolute Gasteiger partial charge is 0.410 e. The zero-order valence-corrected chi connectivity index (χ0v) is 16.0. The fourth-order valence-corrected chi connectivity index (χ4v) is 3.47. The number of hydrogen-bond donors (Lipinski definition) is 0. The van der Waals surface area contributed by atoms with Crippen molar-refractivity contribution in [3.05, 3.63) is 34.1 Å². The van der Waals surface area contributed by atoms with Gasteiger partial charge in [0.05, 0.1) is 4.47 Å². The van der Waals surface area contributed by atoms with E-state index in [2.05, 4.69) is 20.8 Å². The highest BCUT2D eigenvalue weighted by atomic mass is 79.9. The lowest BCUT2D eigenvalue weighted by molar-refractivity contribution is -0.00239. The van der Waals surface area contributed by atoms with Crippen molar-refractivity contribution in [2.45, 2.75) is 51.3 Å². The first kappa shape index (κ1) is 17.7. The molecule has 0 bridgehead atoms. The van der Waals surface area contributed by atoms with Crippen LogP contribution in [0, 0.1) is 5.82 Å². The second-order valence-corrected chi connectivity index (χ2v) is 8.65. The molecule has 6 heteroatoms. The van der Waals surface area contributed by atoms with E-state index >= 15 is 0 Å². The third kappa shape index (κ3) is 3.91. The summed E-state index contributed by atoms with van der Waals surface area (Å²) in [5.74, 6) is -0.232. The SMILES string of the molecule is CC(C)(C)OC(=O)N1CCN(Cc2ccc(Br)c(F)c2)C2(CC2)C1. The molecule has 3 rings (SSSR count). The number of carbonyl (C=O) groups excluding carboxylic acids is 1. The Bertz CT molecular complexity index is 640. The minimum atomic E-state index is -0.472. The molecule has 0 radical (unpaired) electrons. The Morgan fingerprint density at radius 3 is 2.62 bits per heavy atom. The first-order chi connectivity index (χ1) is 11.2. The fraction of sp³-hybridized carbons (Fsp3) is 0.611. The molecule has 1 aromatic carbocycles. The normalized spacial score (nSPS) is 20.3. The average molecular weight is 399 g/mol. The van der Waals surface area contributed by atoms with E-state index in [1.54, 1.807) is 12.1 Å². The van der Waals surface area contributed by atoms with E-state index in [4.69, 9.17) is 4.74 Å². The minimum absolute atomic E-state index is 0.0404. The van der Waals surface area contributed by atoms with Gasteiger partial charge in [-0.2, -0.15) is 0 Å². The van der Waals surface area contributed by atoms with Crippen LogP contribution in [0.2, 0.25) is 0 Å². The second kappa shape index (κ2) is 6.30. The van der Waals surface area contributed by atoms with Crippen LogP contribution < -0.4 is 0 Å². The van der Waals surface area contributed by atoms with Crippen molar-refractivity contribution in [1.82, 2.24) is 9.80 Å². The van der Waals surface area contributed by atoms with E-state index in [1.165, 1.54) is 0 Å². The van der Waals surface area contributed by atoms with Gasteiger partial charge in [0, 0.05) is 31.7 Å². The van der Waals surface area contributed by atoms with Crippen molar-refractivity contribution in [3.63, 3.8) is 0 Å². The van der Waals surface area contributed by atoms with Crippen molar-refractivity contribution >= 4 is 22.0 Å². The van der Waals surface area contributed by atoms with E-state index in [0.717, 1.165) is 24.9 Å². The Morgan fingerprint density at radius 2 is 2.04 bits per heavy atom. The van der Waals surface area contributed by atoms with Gasteiger partial charge in [-0.15, -0.1) is 0 Å². The summed E-state index contributed by atoms with van der Waals surface area (Å²) in [7, 11) is 0. The quantitative estimate of drug-likeness (QED) is 0.748. The van der Waals surface area contributed by atoms with Gasteiger partial charge in [-0.3, -0.25) is 4.90 Å². The van der Waals surface area contributed by atoms with Crippen LogP contribution in [-0.4, -0.2) is 46.7 Å². The number of ether oxygens (including phenoxy) is 1. The lowest BCUT2D eigenvalue weighted by Gasteiger charge is -2.42. The Kier molecular flexibility index (Phi) is 4.64. The largest absolute Gasteiger partial charge is 0.444 e. The van der Waals surface area contributed by atoms with Crippen LogP contribution in [0.5, 0.6) is 0 Å². The van der Waals surface area contributed by atoms with E-state index in [1.807, 2.05) is 31.7 Å². The molecular weight excluding hydrogens is 375 g/mol. The molecule has 1 aliphatic heterocycles. The van der Waals surface area contributed by atoms with E-state index in [9.17, 15) is 9.18 Å². The van der Waals surface area contributed by atoms with Gasteiger partial charge < -0.3 is 9.64 Å². The van der Waals surface area contributed by atoms with Gasteiger partial charge in [-0.1, -0.05) is 6.07 Å². The van der Waals surface area contributed by atoms with Crippen molar-refractivity contribution in [3.8, 4) is 0 Å². The first-order valence-electron chi connectivity index (χ1n) is 8.35. The number of nitrogens with zero attached hydrogens (tertiary/aromatic N) is 2. The Labute approximate surface area is 151 Å². The highest BCUT2D eigenvalue weighted by Gasteiger charge is 2.52. The highest BCUT2D eigenvalue weighted by Crippen LogP contribution is 2.45. The average Bonchev–Trinajstić information content (AvgIpc) is 3.23. The molecule has 1 aliphatic carbocycles. The van der Waals surface area contributed by atoms with Crippen LogP contribution in [0.15, 0.2) is 22.7 Å². The van der Waals surface area contributed by atoms with Crippen LogP contribution >= 0.6 is 15.9 Å². The van der Waals surface area contributed by atoms with Crippen molar-refractivity contribution < 1.29 is 13.9 Å². The van der Waals surface area contributed by atoms with E-state index < -0.39 is 5.60 Å². The molecule has 0 aromatic heterocycles. The molecule has 4 nitrogen and oxygen atoms in total. The van der Waals surface area contributed by atoms with Gasteiger partial charge >= 0.3 is 6.09 Å². The van der Waals surface area contributed by atoms with Gasteiger partial charge in [-0.25, -0.2) is 9.18 Å². The molecule has 24 heavy (non-hydrogen) atoms. The van der Waals surface area contributed by atoms with Crippen molar-refractivity contribution in [2.75, 3.05) is 19.6 Å². The predicted molar refractivity (Wildman–Crippen MR) is 94.3 cm³/mol. The molecule has 0 N–H and O–H groups in total. The zero-order chi connectivity index (χ0) is 17.5. The Hall–Kier alpha value is -1.14. The van der Waals surface area contributed by atoms with Crippen molar-refractivity contribution in [1.29, 1.82) is 0 Å². The minimum Gasteiger partial charge on any atom is -0.444 e. The summed E-state index contributed by atoms with van der Waals surface area (Å²) in [4.78, 5) is 16.5. The second-order valence-electron chi connectivity index (χ2n) is 7.80. The van der Waals surface area contributed by atoms with Crippen molar-refractivity contribution in [2.24, 2.45) is 0 Å². The molecule has 1 heterocycles. The van der Waals surface area contributed by atoms with Gasteiger partial charge in [0.2, 0.25) is 0 Å². The standard InChI is InChI=1S/C18H24BrFN2O2/c1-17(2,3)24-16(23)21-8-9-22(18(12-21)6-7-18)11-13-4-5-14(19)15(20)10-13/h4-5,10H,6-9,11-12H2,1-3H3. The monoisotopic (exact) mass is 398 g/mol. The summed E-state index contributed by atoms with van der Waals surface area (Å²) < 4.78 is 19.7. The third-order valence-corrected chi connectivity index (χ3v) is 5.28. The molecule has 1 aromatic rings. The van der Waals surface area contributed by atoms with Gasteiger partial charge in [-0.05, 0) is 67.2 Å². The maximum absolute atomic E-state index is 13.7. The number of amides is 1. The third-order valence-electron chi connectivity index (χ3n) is 4.63. The summed E-state index contributed by atoms with van der Waals surface area (Å²) in [6, 6.07) is 5.28. The lowest BCUT2D eigenvalue weighted by atomic mass is 10.1. The first-order valence-corrected chi connectivity index (χ1v) is 9.15. The predicted octanol–water partition coefficient (Wildman–Crippen LogP) is 4.17. The van der Waals surface area contributed by atoms with Crippen LogP contribution in [0.1, 0.15) is 39.2 Å². The van der Waals surface area contributed by atoms with Crippen LogP contribution in [0.4, 0.5) is 9.18 Å². The summed E-state index contributed by atoms with van der Waals surface area (Å²) in [5.41, 5.74) is 0.534. The topological polar surface area (TPSA) is 32.8 Å². The molecule has 1 saturated heterocycles. The maximum Gasteiger partial charge on any atom is 0.410 e. The fourth-order valence-electron chi connectivity index (χ4n) is 3.22. The summed E-state index contributed by atoms with van der Waals surface area (Å²) >= 11 is 3.19. The number of halogens is 2. The van der Waals surface area contributed by atoms with E-state index in [-0.39, 0.29) is 17.4 Å². The number of hydrogen-bond acceptors (Lipinski definition) is 3. The van der Waals surface area contributed by atoms with E-state index in [0.29, 0.717) is 24.1 Å². The number of rotatable bonds is 2. The Morgan fingerprint density at radius 1 is 1.33 bits per heavy atom. The molecule has 1 spiro atoms. The van der Waals surface area contributed by atoms with Gasteiger partial charge in [0.25, 0.3) is 0 Å². The van der Waals surface area contributed by atoms with Gasteiger partial charge in [0.15, 0.2) is 0 Å². The molecular formula is C18H24BrFN2O2. The lowest BCUT2D eigenvalue weighted by Crippen LogP contribution is -2.56. The molecule has 2 fully saturated rings. The van der Waals surface area contributed by atoms with Crippen LogP contribution in [0.25, 0.3) is 0 Å². The summed E-state index contributed by atoms with van der Waals surface area (Å²) in [6.07, 6.45) is 1.92. The Balaban J connectivity index is 1.65.